The quantitative estimate of drug-likeness (QED) is 0.561. The molecular weight excluding hydrogens is 379 g/mol. The van der Waals surface area contributed by atoms with Gasteiger partial charge in [0.25, 0.3) is 0 Å². The molecule has 0 aromatic heterocycles. The minimum Gasteiger partial charge on any atom is -0.377 e. The average molecular weight is 394 g/mol. The van der Waals surface area contributed by atoms with Crippen LogP contribution in [0.2, 0.25) is 0 Å². The van der Waals surface area contributed by atoms with Gasteiger partial charge in [0.15, 0.2) is 0 Å². The van der Waals surface area contributed by atoms with Crippen molar-refractivity contribution in [3.05, 3.63) is 75.8 Å². The van der Waals surface area contributed by atoms with Gasteiger partial charge in [0, 0.05) is 10.4 Å². The maximum atomic E-state index is 13.5. The second-order valence-corrected chi connectivity index (χ2v) is 7.12. The van der Waals surface area contributed by atoms with Gasteiger partial charge in [-0.1, -0.05) is 58.4 Å². The smallest absolute Gasteiger partial charge is 0.377 e. The van der Waals surface area contributed by atoms with E-state index in [1.807, 2.05) is 30.3 Å². The number of benzene rings is 2. The number of nitrogens with one attached hydrogen (secondary N) is 1. The van der Waals surface area contributed by atoms with Crippen molar-refractivity contribution in [2.75, 3.05) is 5.32 Å². The van der Waals surface area contributed by atoms with Crippen LogP contribution in [0, 0.1) is 5.92 Å². The van der Waals surface area contributed by atoms with E-state index in [9.17, 15) is 13.2 Å². The number of allylic oxidation sites excluding steroid dienone is 2. The first-order valence-electron chi connectivity index (χ1n) is 7.84. The molecule has 0 fully saturated rings. The van der Waals surface area contributed by atoms with Gasteiger partial charge in [0.2, 0.25) is 0 Å². The number of hydrogen-bond acceptors (Lipinski definition) is 1. The Morgan fingerprint density at radius 2 is 1.75 bits per heavy atom. The Balaban J connectivity index is 1.87. The molecule has 24 heavy (non-hydrogen) atoms. The Bertz CT molecular complexity index is 812. The van der Waals surface area contributed by atoms with E-state index in [0.717, 1.165) is 28.1 Å². The maximum Gasteiger partial charge on any atom is 0.418 e. The van der Waals surface area contributed by atoms with E-state index in [4.69, 9.17) is 0 Å². The van der Waals surface area contributed by atoms with E-state index in [-0.39, 0.29) is 23.6 Å². The highest BCUT2D eigenvalue weighted by molar-refractivity contribution is 9.10. The van der Waals surface area contributed by atoms with Gasteiger partial charge in [-0.05, 0) is 35.6 Å². The van der Waals surface area contributed by atoms with E-state index in [2.05, 4.69) is 27.3 Å². The lowest BCUT2D eigenvalue weighted by Crippen LogP contribution is -2.31. The van der Waals surface area contributed by atoms with E-state index >= 15 is 0 Å². The summed E-state index contributed by atoms with van der Waals surface area (Å²) in [5, 5.41) is 3.21. The van der Waals surface area contributed by atoms with Crippen molar-refractivity contribution in [2.45, 2.75) is 24.6 Å². The Labute approximate surface area is 146 Å². The first kappa shape index (κ1) is 15.8. The Morgan fingerprint density at radius 3 is 2.50 bits per heavy atom. The third kappa shape index (κ3) is 2.46. The minimum atomic E-state index is -4.37. The molecule has 3 atom stereocenters. The molecule has 1 aliphatic carbocycles. The van der Waals surface area contributed by atoms with Crippen LogP contribution in [0.4, 0.5) is 18.9 Å². The number of para-hydroxylation sites is 1. The molecule has 2 aromatic rings. The lowest BCUT2D eigenvalue weighted by atomic mass is 9.76. The number of anilines is 1. The Morgan fingerprint density at radius 1 is 1.00 bits per heavy atom. The molecule has 1 aliphatic heterocycles. The lowest BCUT2D eigenvalue weighted by molar-refractivity contribution is -0.137. The number of fused-ring (bicyclic) bond motifs is 3. The zero-order chi connectivity index (χ0) is 16.9. The molecule has 4 rings (SSSR count). The first-order valence-corrected chi connectivity index (χ1v) is 8.64. The predicted molar refractivity (Wildman–Crippen MR) is 91.9 cm³/mol. The molecule has 0 spiro atoms. The van der Waals surface area contributed by atoms with Gasteiger partial charge in [-0.3, -0.25) is 0 Å². The highest BCUT2D eigenvalue weighted by Gasteiger charge is 2.43. The zero-order valence-corrected chi connectivity index (χ0v) is 14.2. The molecule has 0 radical (unpaired) electrons. The largest absolute Gasteiger partial charge is 0.418 e. The van der Waals surface area contributed by atoms with E-state index < -0.39 is 11.7 Å². The summed E-state index contributed by atoms with van der Waals surface area (Å²) in [7, 11) is 0. The van der Waals surface area contributed by atoms with Crippen LogP contribution in [0.15, 0.2) is 59.1 Å². The lowest BCUT2D eigenvalue weighted by Gasteiger charge is -2.39. The summed E-state index contributed by atoms with van der Waals surface area (Å²) >= 11 is 3.54. The molecule has 124 valence electrons. The van der Waals surface area contributed by atoms with Gasteiger partial charge in [0.05, 0.1) is 17.3 Å². The molecule has 1 nitrogen and oxygen atoms in total. The van der Waals surface area contributed by atoms with Crippen LogP contribution in [0.1, 0.15) is 35.1 Å². The van der Waals surface area contributed by atoms with Crippen molar-refractivity contribution in [3.63, 3.8) is 0 Å². The summed E-state index contributed by atoms with van der Waals surface area (Å²) in [5.41, 5.74) is 1.38. The fourth-order valence-electron chi connectivity index (χ4n) is 3.89. The maximum absolute atomic E-state index is 13.5. The van der Waals surface area contributed by atoms with Crippen molar-refractivity contribution >= 4 is 21.6 Å². The van der Waals surface area contributed by atoms with Crippen molar-refractivity contribution in [2.24, 2.45) is 5.92 Å². The normalized spacial score (nSPS) is 25.1. The molecular formula is C19H15BrF3N. The number of rotatable bonds is 1. The van der Waals surface area contributed by atoms with Crippen molar-refractivity contribution in [1.29, 1.82) is 0 Å². The molecule has 2 aliphatic rings. The SMILES string of the molecule is FC(F)(F)c1cccc2c1N[C@H](c1ccccc1Br)[C@@H]1CC=C[C@@H]21. The second kappa shape index (κ2) is 5.66. The van der Waals surface area contributed by atoms with Gasteiger partial charge in [0.1, 0.15) is 0 Å². The summed E-state index contributed by atoms with van der Waals surface area (Å²) in [6.45, 7) is 0. The molecule has 5 heteroatoms. The van der Waals surface area contributed by atoms with Crippen molar-refractivity contribution < 1.29 is 13.2 Å². The third-order valence-corrected chi connectivity index (χ3v) is 5.66. The van der Waals surface area contributed by atoms with Gasteiger partial charge in [-0.2, -0.15) is 13.2 Å². The van der Waals surface area contributed by atoms with E-state index in [1.165, 1.54) is 6.07 Å². The highest BCUT2D eigenvalue weighted by Crippen LogP contribution is 2.53. The standard InChI is InChI=1S/C19H15BrF3N/c20-16-10-2-1-5-14(16)17-12-7-3-6-11(12)13-8-4-9-15(18(13)24-17)19(21,22)23/h1-6,8-12,17,24H,7H2/t11-,12-,17+/m1/s1. The van der Waals surface area contributed by atoms with Crippen LogP contribution >= 0.6 is 15.9 Å². The van der Waals surface area contributed by atoms with Crippen LogP contribution in [0.25, 0.3) is 0 Å². The molecule has 2 aromatic carbocycles. The molecule has 1 heterocycles. The van der Waals surface area contributed by atoms with Crippen LogP contribution < -0.4 is 5.32 Å². The van der Waals surface area contributed by atoms with Crippen LogP contribution in [0.3, 0.4) is 0 Å². The third-order valence-electron chi connectivity index (χ3n) is 4.94. The monoisotopic (exact) mass is 393 g/mol. The van der Waals surface area contributed by atoms with E-state index in [0.29, 0.717) is 0 Å². The van der Waals surface area contributed by atoms with Crippen molar-refractivity contribution in [3.8, 4) is 0 Å². The fourth-order valence-corrected chi connectivity index (χ4v) is 4.42. The summed E-state index contributed by atoms with van der Waals surface area (Å²) in [6.07, 6.45) is 0.621. The first-order chi connectivity index (χ1) is 11.5. The Kier molecular flexibility index (Phi) is 3.71. The molecule has 1 N–H and O–H groups in total. The summed E-state index contributed by atoms with van der Waals surface area (Å²) in [6, 6.07) is 12.0. The minimum absolute atomic E-state index is 0.0145. The van der Waals surface area contributed by atoms with Gasteiger partial charge >= 0.3 is 6.18 Å². The molecule has 0 bridgehead atoms. The van der Waals surface area contributed by atoms with Crippen molar-refractivity contribution in [1.82, 2.24) is 0 Å². The van der Waals surface area contributed by atoms with Crippen LogP contribution in [0.5, 0.6) is 0 Å². The van der Waals surface area contributed by atoms with E-state index in [1.54, 1.807) is 6.07 Å². The van der Waals surface area contributed by atoms with Gasteiger partial charge < -0.3 is 5.32 Å². The fraction of sp³-hybridized carbons (Fsp3) is 0.263. The molecule has 0 unspecified atom stereocenters. The Hall–Kier alpha value is -1.75. The second-order valence-electron chi connectivity index (χ2n) is 6.26. The average Bonchev–Trinajstić information content (AvgIpc) is 3.03. The highest BCUT2D eigenvalue weighted by atomic mass is 79.9. The summed E-state index contributed by atoms with van der Waals surface area (Å²) in [4.78, 5) is 0. The van der Waals surface area contributed by atoms with Gasteiger partial charge in [-0.15, -0.1) is 0 Å². The summed E-state index contributed by atoms with van der Waals surface area (Å²) in [5.74, 6) is 0.236. The molecule has 0 saturated carbocycles. The van der Waals surface area contributed by atoms with Gasteiger partial charge in [-0.25, -0.2) is 0 Å². The molecule has 0 amide bonds. The number of halogens is 4. The number of alkyl halides is 3. The predicted octanol–water partition coefficient (Wildman–Crippen LogP) is 6.29. The zero-order valence-electron chi connectivity index (χ0n) is 12.6. The van der Waals surface area contributed by atoms with Crippen LogP contribution in [-0.2, 0) is 6.18 Å². The molecule has 0 saturated heterocycles. The van der Waals surface area contributed by atoms with Crippen LogP contribution in [-0.4, -0.2) is 0 Å². The summed E-state index contributed by atoms with van der Waals surface area (Å²) < 4.78 is 41.3. The number of hydrogen-bond donors (Lipinski definition) is 1. The topological polar surface area (TPSA) is 12.0 Å².